The number of hydrogen-bond donors (Lipinski definition) is 1. The van der Waals surface area contributed by atoms with Gasteiger partial charge in [-0.1, -0.05) is 13.8 Å². The molecular weight excluding hydrogens is 250 g/mol. The topological polar surface area (TPSA) is 44.3 Å². The van der Waals surface area contributed by atoms with Crippen molar-refractivity contribution in [3.8, 4) is 0 Å². The average Bonchev–Trinajstić information content (AvgIpc) is 2.81. The minimum atomic E-state index is 0.590. The number of nitrogens with one attached hydrogen (secondary N) is 1. The van der Waals surface area contributed by atoms with Gasteiger partial charge in [0.2, 0.25) is 0 Å². The van der Waals surface area contributed by atoms with Crippen LogP contribution in [0.4, 0.5) is 11.6 Å². The normalized spacial score (nSPS) is 22.6. The molecule has 1 saturated heterocycles. The number of aryl methyl sites for hydroxylation is 1. The van der Waals surface area contributed by atoms with E-state index in [1.807, 2.05) is 7.05 Å². The first kappa shape index (κ1) is 15.0. The van der Waals surface area contributed by atoms with Gasteiger partial charge in [-0.15, -0.1) is 0 Å². The smallest absolute Gasteiger partial charge is 0.137 e. The highest BCUT2D eigenvalue weighted by Crippen LogP contribution is 2.29. The van der Waals surface area contributed by atoms with Crippen LogP contribution in [0.5, 0.6) is 0 Å². The third kappa shape index (κ3) is 2.73. The summed E-state index contributed by atoms with van der Waals surface area (Å²) < 4.78 is 0. The fourth-order valence-electron chi connectivity index (χ4n) is 3.05. The first-order valence-electron chi connectivity index (χ1n) is 7.44. The van der Waals surface area contributed by atoms with Crippen molar-refractivity contribution in [3.63, 3.8) is 0 Å². The number of rotatable bonds is 4. The highest BCUT2D eigenvalue weighted by Gasteiger charge is 2.32. The lowest BCUT2D eigenvalue weighted by atomic mass is 10.1. The summed E-state index contributed by atoms with van der Waals surface area (Å²) in [6, 6.07) is 0.590. The van der Waals surface area contributed by atoms with Crippen LogP contribution >= 0.6 is 0 Å². The van der Waals surface area contributed by atoms with Crippen molar-refractivity contribution in [2.45, 2.75) is 33.2 Å². The summed E-state index contributed by atoms with van der Waals surface area (Å²) in [5.74, 6) is 3.61. The molecule has 0 bridgehead atoms. The van der Waals surface area contributed by atoms with E-state index in [2.05, 4.69) is 55.0 Å². The Labute approximate surface area is 122 Å². The number of aromatic nitrogens is 2. The van der Waals surface area contributed by atoms with Crippen molar-refractivity contribution in [1.29, 1.82) is 0 Å². The van der Waals surface area contributed by atoms with Crippen LogP contribution in [0.25, 0.3) is 0 Å². The molecule has 1 aromatic rings. The maximum absolute atomic E-state index is 4.77. The van der Waals surface area contributed by atoms with Gasteiger partial charge in [0, 0.05) is 38.2 Å². The molecule has 0 amide bonds. The standard InChI is InChI=1S/C15H27N5/c1-7-13-17-14(16-4)11(3)15(18-13)20-8-10(2)12(9-20)19(5)6/h10,12H,7-9H2,1-6H3,(H,16,17,18). The van der Waals surface area contributed by atoms with Crippen LogP contribution in [-0.2, 0) is 6.42 Å². The zero-order valence-corrected chi connectivity index (χ0v) is 13.6. The van der Waals surface area contributed by atoms with Gasteiger partial charge < -0.3 is 15.1 Å². The second kappa shape index (κ2) is 5.95. The van der Waals surface area contributed by atoms with Gasteiger partial charge in [-0.05, 0) is 26.9 Å². The highest BCUT2D eigenvalue weighted by atomic mass is 15.3. The summed E-state index contributed by atoms with van der Waals surface area (Å²) in [5, 5.41) is 3.19. The van der Waals surface area contributed by atoms with E-state index in [0.29, 0.717) is 12.0 Å². The minimum Gasteiger partial charge on any atom is -0.373 e. The van der Waals surface area contributed by atoms with Crippen molar-refractivity contribution in [3.05, 3.63) is 11.4 Å². The lowest BCUT2D eigenvalue weighted by Crippen LogP contribution is -2.34. The molecule has 0 saturated carbocycles. The van der Waals surface area contributed by atoms with Crippen molar-refractivity contribution in [1.82, 2.24) is 14.9 Å². The molecule has 1 aliphatic heterocycles. The summed E-state index contributed by atoms with van der Waals surface area (Å²) in [5.41, 5.74) is 1.15. The lowest BCUT2D eigenvalue weighted by Gasteiger charge is -2.24. The van der Waals surface area contributed by atoms with Gasteiger partial charge in [-0.25, -0.2) is 9.97 Å². The van der Waals surface area contributed by atoms with Crippen LogP contribution in [0.2, 0.25) is 0 Å². The first-order chi connectivity index (χ1) is 9.47. The van der Waals surface area contributed by atoms with Gasteiger partial charge in [0.15, 0.2) is 0 Å². The van der Waals surface area contributed by atoms with Gasteiger partial charge >= 0.3 is 0 Å². The largest absolute Gasteiger partial charge is 0.373 e. The molecule has 2 atom stereocenters. The van der Waals surface area contributed by atoms with Crippen LogP contribution in [0.1, 0.15) is 25.2 Å². The van der Waals surface area contributed by atoms with E-state index in [-0.39, 0.29) is 0 Å². The summed E-state index contributed by atoms with van der Waals surface area (Å²) in [6.07, 6.45) is 0.864. The fourth-order valence-corrected chi connectivity index (χ4v) is 3.05. The molecule has 5 nitrogen and oxygen atoms in total. The molecular formula is C15H27N5. The number of anilines is 2. The molecule has 1 fully saturated rings. The van der Waals surface area contributed by atoms with Gasteiger partial charge in [-0.2, -0.15) is 0 Å². The maximum atomic E-state index is 4.77. The summed E-state index contributed by atoms with van der Waals surface area (Å²) in [4.78, 5) is 14.1. The Morgan fingerprint density at radius 1 is 1.30 bits per heavy atom. The Morgan fingerprint density at radius 2 is 2.00 bits per heavy atom. The molecule has 1 aromatic heterocycles. The molecule has 112 valence electrons. The average molecular weight is 277 g/mol. The van der Waals surface area contributed by atoms with Gasteiger partial charge in [-0.3, -0.25) is 0 Å². The lowest BCUT2D eigenvalue weighted by molar-refractivity contribution is 0.266. The van der Waals surface area contributed by atoms with E-state index in [1.165, 1.54) is 0 Å². The number of likely N-dealkylation sites (N-methyl/N-ethyl adjacent to an activating group) is 1. The molecule has 1 aliphatic rings. The zero-order valence-electron chi connectivity index (χ0n) is 13.6. The number of nitrogens with zero attached hydrogens (tertiary/aromatic N) is 4. The van der Waals surface area contributed by atoms with Crippen molar-refractivity contribution in [2.75, 3.05) is 44.4 Å². The second-order valence-electron chi connectivity index (χ2n) is 5.95. The van der Waals surface area contributed by atoms with E-state index in [4.69, 9.17) is 4.98 Å². The number of hydrogen-bond acceptors (Lipinski definition) is 5. The third-order valence-electron chi connectivity index (χ3n) is 4.25. The molecule has 20 heavy (non-hydrogen) atoms. The van der Waals surface area contributed by atoms with Crippen LogP contribution in [-0.4, -0.2) is 55.1 Å². The second-order valence-corrected chi connectivity index (χ2v) is 5.95. The Hall–Kier alpha value is -1.36. The Morgan fingerprint density at radius 3 is 2.50 bits per heavy atom. The summed E-state index contributed by atoms with van der Waals surface area (Å²) in [6.45, 7) is 8.63. The molecule has 1 N–H and O–H groups in total. The van der Waals surface area contributed by atoms with Gasteiger partial charge in [0.25, 0.3) is 0 Å². The SMILES string of the molecule is CCc1nc(NC)c(C)c(N2CC(C)C(N(C)C)C2)n1. The Kier molecular flexibility index (Phi) is 4.48. The molecule has 0 aromatic carbocycles. The minimum absolute atomic E-state index is 0.590. The molecule has 2 heterocycles. The van der Waals surface area contributed by atoms with Crippen molar-refractivity contribution < 1.29 is 0 Å². The fraction of sp³-hybridized carbons (Fsp3) is 0.733. The van der Waals surface area contributed by atoms with E-state index in [0.717, 1.165) is 42.5 Å². The van der Waals surface area contributed by atoms with E-state index in [9.17, 15) is 0 Å². The van der Waals surface area contributed by atoms with Gasteiger partial charge in [0.1, 0.15) is 17.5 Å². The molecule has 0 radical (unpaired) electrons. The Balaban J connectivity index is 2.33. The molecule has 0 spiro atoms. The molecule has 5 heteroatoms. The zero-order chi connectivity index (χ0) is 14.9. The highest BCUT2D eigenvalue weighted by molar-refractivity contribution is 5.59. The van der Waals surface area contributed by atoms with E-state index in [1.54, 1.807) is 0 Å². The van der Waals surface area contributed by atoms with Gasteiger partial charge in [0.05, 0.1) is 0 Å². The predicted octanol–water partition coefficient (Wildman–Crippen LogP) is 1.78. The molecule has 0 aliphatic carbocycles. The maximum Gasteiger partial charge on any atom is 0.137 e. The van der Waals surface area contributed by atoms with Crippen LogP contribution in [0.3, 0.4) is 0 Å². The quantitative estimate of drug-likeness (QED) is 0.909. The first-order valence-corrected chi connectivity index (χ1v) is 7.44. The van der Waals surface area contributed by atoms with E-state index >= 15 is 0 Å². The third-order valence-corrected chi connectivity index (χ3v) is 4.25. The predicted molar refractivity (Wildman–Crippen MR) is 84.5 cm³/mol. The van der Waals surface area contributed by atoms with Crippen LogP contribution < -0.4 is 10.2 Å². The van der Waals surface area contributed by atoms with Crippen LogP contribution in [0, 0.1) is 12.8 Å². The van der Waals surface area contributed by atoms with Crippen molar-refractivity contribution in [2.24, 2.45) is 5.92 Å². The van der Waals surface area contributed by atoms with E-state index < -0.39 is 0 Å². The van der Waals surface area contributed by atoms with Crippen LogP contribution in [0.15, 0.2) is 0 Å². The summed E-state index contributed by atoms with van der Waals surface area (Å²) in [7, 11) is 6.25. The molecule has 2 rings (SSSR count). The monoisotopic (exact) mass is 277 g/mol. The molecule has 2 unspecified atom stereocenters. The summed E-state index contributed by atoms with van der Waals surface area (Å²) >= 11 is 0. The van der Waals surface area contributed by atoms with Crippen molar-refractivity contribution >= 4 is 11.6 Å². The Bertz CT molecular complexity index is 472.